The Kier molecular flexibility index (Phi) is 5.04. The Morgan fingerprint density at radius 1 is 1.17 bits per heavy atom. The first-order valence-electron chi connectivity index (χ1n) is 8.48. The van der Waals surface area contributed by atoms with Crippen molar-refractivity contribution in [3.63, 3.8) is 0 Å². The van der Waals surface area contributed by atoms with E-state index < -0.39 is 0 Å². The molecule has 1 aromatic carbocycles. The van der Waals surface area contributed by atoms with Gasteiger partial charge < -0.3 is 4.90 Å². The van der Waals surface area contributed by atoms with Crippen LogP contribution >= 0.6 is 0 Å². The highest BCUT2D eigenvalue weighted by atomic mass is 16.2. The molecule has 2 aromatic rings. The Morgan fingerprint density at radius 2 is 1.92 bits per heavy atom. The third-order valence-corrected chi connectivity index (χ3v) is 4.68. The SMILES string of the molecule is CCN(CCc1ccncc1)C(=O)C1CC(=O)c2ccccc2C1. The van der Waals surface area contributed by atoms with Crippen molar-refractivity contribution in [2.75, 3.05) is 13.1 Å². The number of fused-ring (bicyclic) bond motifs is 1. The summed E-state index contributed by atoms with van der Waals surface area (Å²) in [5.74, 6) is -0.0559. The van der Waals surface area contributed by atoms with Gasteiger partial charge in [-0.3, -0.25) is 14.6 Å². The van der Waals surface area contributed by atoms with E-state index >= 15 is 0 Å². The minimum absolute atomic E-state index is 0.0837. The molecule has 4 heteroatoms. The number of carbonyl (C=O) groups excluding carboxylic acids is 2. The maximum atomic E-state index is 12.9. The highest BCUT2D eigenvalue weighted by Gasteiger charge is 2.31. The fourth-order valence-electron chi connectivity index (χ4n) is 3.31. The van der Waals surface area contributed by atoms with Crippen molar-refractivity contribution in [1.82, 2.24) is 9.88 Å². The zero-order valence-corrected chi connectivity index (χ0v) is 13.9. The average molecular weight is 322 g/mol. The lowest BCUT2D eigenvalue weighted by Crippen LogP contribution is -2.40. The molecule has 24 heavy (non-hydrogen) atoms. The maximum absolute atomic E-state index is 12.9. The summed E-state index contributed by atoms with van der Waals surface area (Å²) < 4.78 is 0. The molecule has 3 rings (SSSR count). The summed E-state index contributed by atoms with van der Waals surface area (Å²) in [4.78, 5) is 31.1. The smallest absolute Gasteiger partial charge is 0.226 e. The lowest BCUT2D eigenvalue weighted by molar-refractivity contribution is -0.135. The van der Waals surface area contributed by atoms with E-state index in [1.165, 1.54) is 5.56 Å². The standard InChI is InChI=1S/C20H22N2O2/c1-2-22(12-9-15-7-10-21-11-8-15)20(24)17-13-16-5-3-4-6-18(16)19(23)14-17/h3-8,10-11,17H,2,9,12-14H2,1H3. The summed E-state index contributed by atoms with van der Waals surface area (Å²) in [7, 11) is 0. The molecule has 124 valence electrons. The van der Waals surface area contributed by atoms with Gasteiger partial charge in [-0.15, -0.1) is 0 Å². The molecule has 1 aliphatic rings. The van der Waals surface area contributed by atoms with Crippen LogP contribution in [0, 0.1) is 5.92 Å². The zero-order chi connectivity index (χ0) is 16.9. The predicted octanol–water partition coefficient (Wildman–Crippen LogP) is 2.92. The van der Waals surface area contributed by atoms with Crippen LogP contribution in [0.1, 0.15) is 34.8 Å². The monoisotopic (exact) mass is 322 g/mol. The van der Waals surface area contributed by atoms with E-state index in [2.05, 4.69) is 4.98 Å². The normalized spacial score (nSPS) is 16.5. The number of carbonyl (C=O) groups is 2. The van der Waals surface area contributed by atoms with Gasteiger partial charge in [0.25, 0.3) is 0 Å². The number of ketones is 1. The molecule has 0 aliphatic heterocycles. The second kappa shape index (κ2) is 7.39. The van der Waals surface area contributed by atoms with Gasteiger partial charge in [-0.25, -0.2) is 0 Å². The molecule has 1 heterocycles. The molecular weight excluding hydrogens is 300 g/mol. The van der Waals surface area contributed by atoms with Crippen molar-refractivity contribution in [3.05, 3.63) is 65.5 Å². The van der Waals surface area contributed by atoms with Crippen LogP contribution < -0.4 is 0 Å². The summed E-state index contributed by atoms with van der Waals surface area (Å²) in [6, 6.07) is 11.6. The molecular formula is C20H22N2O2. The molecule has 1 atom stereocenters. The molecule has 1 unspecified atom stereocenters. The number of aromatic nitrogens is 1. The van der Waals surface area contributed by atoms with E-state index in [1.807, 2.05) is 48.2 Å². The van der Waals surface area contributed by atoms with Crippen molar-refractivity contribution >= 4 is 11.7 Å². The molecule has 0 N–H and O–H groups in total. The van der Waals surface area contributed by atoms with Crippen LogP contribution in [0.4, 0.5) is 0 Å². The summed E-state index contributed by atoms with van der Waals surface area (Å²) >= 11 is 0. The molecule has 0 saturated heterocycles. The first kappa shape index (κ1) is 16.4. The largest absolute Gasteiger partial charge is 0.342 e. The van der Waals surface area contributed by atoms with Crippen molar-refractivity contribution in [2.24, 2.45) is 5.92 Å². The Balaban J connectivity index is 1.67. The van der Waals surface area contributed by atoms with E-state index in [9.17, 15) is 9.59 Å². The van der Waals surface area contributed by atoms with Gasteiger partial charge in [0.05, 0.1) is 0 Å². The van der Waals surface area contributed by atoms with E-state index in [0.29, 0.717) is 25.9 Å². The van der Waals surface area contributed by atoms with E-state index in [-0.39, 0.29) is 17.6 Å². The summed E-state index contributed by atoms with van der Waals surface area (Å²) in [5.41, 5.74) is 2.94. The summed E-state index contributed by atoms with van der Waals surface area (Å²) in [5, 5.41) is 0. The van der Waals surface area contributed by atoms with Gasteiger partial charge in [0.1, 0.15) is 0 Å². The molecule has 0 radical (unpaired) electrons. The van der Waals surface area contributed by atoms with Crippen LogP contribution in [0.5, 0.6) is 0 Å². The minimum atomic E-state index is -0.232. The molecule has 4 nitrogen and oxygen atoms in total. The zero-order valence-electron chi connectivity index (χ0n) is 13.9. The molecule has 0 spiro atoms. The fraction of sp³-hybridized carbons (Fsp3) is 0.350. The number of hydrogen-bond acceptors (Lipinski definition) is 3. The molecule has 1 aromatic heterocycles. The van der Waals surface area contributed by atoms with Gasteiger partial charge in [0.15, 0.2) is 5.78 Å². The Morgan fingerprint density at radius 3 is 2.67 bits per heavy atom. The van der Waals surface area contributed by atoms with Crippen LogP contribution in [-0.2, 0) is 17.6 Å². The third kappa shape index (κ3) is 3.53. The van der Waals surface area contributed by atoms with Crippen molar-refractivity contribution in [1.29, 1.82) is 0 Å². The van der Waals surface area contributed by atoms with E-state index in [4.69, 9.17) is 0 Å². The van der Waals surface area contributed by atoms with Crippen LogP contribution in [0.3, 0.4) is 0 Å². The Hall–Kier alpha value is -2.49. The second-order valence-corrected chi connectivity index (χ2v) is 6.21. The van der Waals surface area contributed by atoms with Crippen LogP contribution in [0.15, 0.2) is 48.8 Å². The number of hydrogen-bond donors (Lipinski definition) is 0. The van der Waals surface area contributed by atoms with E-state index in [1.54, 1.807) is 12.4 Å². The van der Waals surface area contributed by atoms with Gasteiger partial charge >= 0.3 is 0 Å². The molecule has 0 fully saturated rings. The highest BCUT2D eigenvalue weighted by Crippen LogP contribution is 2.26. The quantitative estimate of drug-likeness (QED) is 0.850. The van der Waals surface area contributed by atoms with E-state index in [0.717, 1.165) is 17.5 Å². The third-order valence-electron chi connectivity index (χ3n) is 4.68. The Labute approximate surface area is 142 Å². The number of pyridine rings is 1. The van der Waals surface area contributed by atoms with Crippen molar-refractivity contribution in [3.8, 4) is 0 Å². The number of benzene rings is 1. The van der Waals surface area contributed by atoms with Gasteiger partial charge in [-0.2, -0.15) is 0 Å². The minimum Gasteiger partial charge on any atom is -0.342 e. The fourth-order valence-corrected chi connectivity index (χ4v) is 3.31. The second-order valence-electron chi connectivity index (χ2n) is 6.21. The number of likely N-dealkylation sites (N-methyl/N-ethyl adjacent to an activating group) is 1. The average Bonchev–Trinajstić information content (AvgIpc) is 2.63. The number of amides is 1. The van der Waals surface area contributed by atoms with Gasteiger partial charge in [-0.05, 0) is 43.0 Å². The lowest BCUT2D eigenvalue weighted by atomic mass is 9.82. The first-order valence-corrected chi connectivity index (χ1v) is 8.48. The molecule has 1 amide bonds. The van der Waals surface area contributed by atoms with Crippen LogP contribution in [0.2, 0.25) is 0 Å². The number of Topliss-reactive ketones (excluding diaryl/α,β-unsaturated/α-hetero) is 1. The molecule has 1 aliphatic carbocycles. The van der Waals surface area contributed by atoms with Crippen LogP contribution in [0.25, 0.3) is 0 Å². The topological polar surface area (TPSA) is 50.3 Å². The highest BCUT2D eigenvalue weighted by molar-refractivity contribution is 6.01. The number of rotatable bonds is 5. The molecule has 0 saturated carbocycles. The predicted molar refractivity (Wildman–Crippen MR) is 92.8 cm³/mol. The maximum Gasteiger partial charge on any atom is 0.226 e. The van der Waals surface area contributed by atoms with Crippen molar-refractivity contribution in [2.45, 2.75) is 26.2 Å². The van der Waals surface area contributed by atoms with Gasteiger partial charge in [0.2, 0.25) is 5.91 Å². The van der Waals surface area contributed by atoms with Gasteiger partial charge in [0, 0.05) is 43.4 Å². The lowest BCUT2D eigenvalue weighted by Gasteiger charge is -2.29. The van der Waals surface area contributed by atoms with Gasteiger partial charge in [-0.1, -0.05) is 24.3 Å². The van der Waals surface area contributed by atoms with Crippen molar-refractivity contribution < 1.29 is 9.59 Å². The first-order chi connectivity index (χ1) is 11.7. The van der Waals surface area contributed by atoms with Crippen LogP contribution in [-0.4, -0.2) is 34.7 Å². The summed E-state index contributed by atoms with van der Waals surface area (Å²) in [6.45, 7) is 3.32. The number of nitrogens with zero attached hydrogens (tertiary/aromatic N) is 2. The Bertz CT molecular complexity index is 727. The summed E-state index contributed by atoms with van der Waals surface area (Å²) in [6.07, 6.45) is 5.32. The molecule has 0 bridgehead atoms.